The molecular weight excluding hydrogens is 362 g/mol. The predicted molar refractivity (Wildman–Crippen MR) is 118 cm³/mol. The van der Waals surface area contributed by atoms with E-state index in [1.807, 2.05) is 37.3 Å². The molecule has 0 aliphatic heterocycles. The summed E-state index contributed by atoms with van der Waals surface area (Å²) in [6, 6.07) is 7.25. The quantitative estimate of drug-likeness (QED) is 0.446. The van der Waals surface area contributed by atoms with Crippen LogP contribution in [-0.2, 0) is 6.42 Å². The second-order valence-electron chi connectivity index (χ2n) is 9.36. The van der Waals surface area contributed by atoms with E-state index >= 15 is 4.39 Å². The van der Waals surface area contributed by atoms with Crippen LogP contribution in [0, 0.1) is 29.4 Å². The second kappa shape index (κ2) is 8.98. The molecule has 2 fully saturated rings. The first kappa shape index (κ1) is 20.6. The maximum Gasteiger partial charge on any atom is 0.134 e. The highest BCUT2D eigenvalue weighted by Gasteiger charge is 2.36. The summed E-state index contributed by atoms with van der Waals surface area (Å²) in [7, 11) is 0. The van der Waals surface area contributed by atoms with E-state index in [9.17, 15) is 4.39 Å². The molecule has 4 rings (SSSR count). The van der Waals surface area contributed by atoms with Crippen LogP contribution in [-0.4, -0.2) is 0 Å². The summed E-state index contributed by atoms with van der Waals surface area (Å²) in [5.41, 5.74) is 1.49. The summed E-state index contributed by atoms with van der Waals surface area (Å²) in [5, 5.41) is 1.27. The third kappa shape index (κ3) is 4.27. The number of rotatable bonds is 5. The van der Waals surface area contributed by atoms with E-state index in [1.54, 1.807) is 0 Å². The minimum absolute atomic E-state index is 0.215. The van der Waals surface area contributed by atoms with Gasteiger partial charge in [-0.2, -0.15) is 0 Å². The number of allylic oxidation sites excluding steroid dienone is 2. The smallest absolute Gasteiger partial charge is 0.134 e. The van der Waals surface area contributed by atoms with Crippen molar-refractivity contribution in [2.45, 2.75) is 77.6 Å². The van der Waals surface area contributed by atoms with E-state index in [0.717, 1.165) is 48.0 Å². The van der Waals surface area contributed by atoms with Crippen LogP contribution < -0.4 is 0 Å². The Morgan fingerprint density at radius 1 is 1.00 bits per heavy atom. The minimum atomic E-state index is -0.251. The van der Waals surface area contributed by atoms with Crippen LogP contribution in [0.25, 0.3) is 10.8 Å². The Bertz CT molecular complexity index is 882. The molecular formula is C27H34F2. The number of fused-ring (bicyclic) bond motifs is 2. The molecule has 29 heavy (non-hydrogen) atoms. The molecule has 2 saturated carbocycles. The first-order valence-electron chi connectivity index (χ1n) is 11.6. The number of hydrogen-bond acceptors (Lipinski definition) is 0. The summed E-state index contributed by atoms with van der Waals surface area (Å²) in [5.74, 6) is 2.31. The predicted octanol–water partition coefficient (Wildman–Crippen LogP) is 8.34. The number of benzene rings is 2. The monoisotopic (exact) mass is 396 g/mol. The second-order valence-corrected chi connectivity index (χ2v) is 9.36. The zero-order valence-corrected chi connectivity index (χ0v) is 17.9. The van der Waals surface area contributed by atoms with Gasteiger partial charge in [-0.3, -0.25) is 0 Å². The normalized spacial score (nSPS) is 27.4. The van der Waals surface area contributed by atoms with Gasteiger partial charge in [0.1, 0.15) is 11.6 Å². The topological polar surface area (TPSA) is 0 Å². The van der Waals surface area contributed by atoms with Gasteiger partial charge in [-0.1, -0.05) is 44.1 Å². The van der Waals surface area contributed by atoms with Crippen molar-refractivity contribution in [1.82, 2.24) is 0 Å². The van der Waals surface area contributed by atoms with Crippen molar-refractivity contribution in [3.63, 3.8) is 0 Å². The van der Waals surface area contributed by atoms with E-state index < -0.39 is 0 Å². The molecule has 0 heterocycles. The van der Waals surface area contributed by atoms with Crippen LogP contribution in [0.5, 0.6) is 0 Å². The highest BCUT2D eigenvalue weighted by Crippen LogP contribution is 2.48. The fourth-order valence-electron chi connectivity index (χ4n) is 5.92. The zero-order chi connectivity index (χ0) is 20.4. The van der Waals surface area contributed by atoms with Crippen molar-refractivity contribution >= 4 is 10.8 Å². The van der Waals surface area contributed by atoms with Crippen LogP contribution >= 0.6 is 0 Å². The molecule has 0 aromatic heterocycles. The highest BCUT2D eigenvalue weighted by molar-refractivity contribution is 5.85. The number of aryl methyl sites for hydroxylation is 1. The van der Waals surface area contributed by atoms with Gasteiger partial charge in [0.2, 0.25) is 0 Å². The van der Waals surface area contributed by atoms with E-state index in [2.05, 4.69) is 6.92 Å². The Hall–Kier alpha value is -1.70. The van der Waals surface area contributed by atoms with Gasteiger partial charge < -0.3 is 0 Å². The lowest BCUT2D eigenvalue weighted by Crippen LogP contribution is -2.30. The lowest BCUT2D eigenvalue weighted by atomic mass is 9.63. The van der Waals surface area contributed by atoms with Gasteiger partial charge in [-0.05, 0) is 104 Å². The third-order valence-electron chi connectivity index (χ3n) is 7.71. The van der Waals surface area contributed by atoms with Gasteiger partial charge in [0, 0.05) is 5.39 Å². The molecule has 4 unspecified atom stereocenters. The summed E-state index contributed by atoms with van der Waals surface area (Å²) in [6.07, 6.45) is 14.2. The van der Waals surface area contributed by atoms with Crippen molar-refractivity contribution in [1.29, 1.82) is 0 Å². The summed E-state index contributed by atoms with van der Waals surface area (Å²) < 4.78 is 30.0. The molecule has 0 nitrogen and oxygen atoms in total. The summed E-state index contributed by atoms with van der Waals surface area (Å²) >= 11 is 0. The van der Waals surface area contributed by atoms with E-state index in [-0.39, 0.29) is 17.6 Å². The molecule has 0 spiro atoms. The van der Waals surface area contributed by atoms with Crippen LogP contribution in [0.1, 0.15) is 82.3 Å². The average Bonchev–Trinajstić information content (AvgIpc) is 2.75. The van der Waals surface area contributed by atoms with Crippen molar-refractivity contribution in [3.05, 3.63) is 59.2 Å². The van der Waals surface area contributed by atoms with Gasteiger partial charge in [0.05, 0.1) is 0 Å². The molecule has 2 aliphatic carbocycles. The lowest BCUT2D eigenvalue weighted by Gasteiger charge is -2.42. The van der Waals surface area contributed by atoms with Gasteiger partial charge in [-0.15, -0.1) is 0 Å². The molecule has 0 N–H and O–H groups in total. The maximum atomic E-state index is 15.1. The van der Waals surface area contributed by atoms with Crippen molar-refractivity contribution < 1.29 is 8.78 Å². The summed E-state index contributed by atoms with van der Waals surface area (Å²) in [6.45, 7) is 4.28. The molecule has 2 heteroatoms. The Morgan fingerprint density at radius 2 is 1.79 bits per heavy atom. The first-order chi connectivity index (χ1) is 14.1. The Kier molecular flexibility index (Phi) is 6.37. The number of halogens is 2. The zero-order valence-electron chi connectivity index (χ0n) is 17.9. The standard InChI is InChI=1S/C27H34F2/c1-3-5-6-7-19-10-12-23-16-24(26(28)17-25(23)27(19)29)22-13-11-20-14-18(4-2)8-9-21(20)15-22/h3,5,10,12,16-18,20-22H,4,6-9,11,13-15H2,1-2H3/b5-3+. The molecule has 2 aliphatic rings. The fraction of sp³-hybridized carbons (Fsp3) is 0.556. The third-order valence-corrected chi connectivity index (χ3v) is 7.71. The average molecular weight is 397 g/mol. The molecule has 0 amide bonds. The van der Waals surface area contributed by atoms with Crippen LogP contribution in [0.4, 0.5) is 8.78 Å². The van der Waals surface area contributed by atoms with E-state index in [4.69, 9.17) is 0 Å². The highest BCUT2D eigenvalue weighted by atomic mass is 19.1. The molecule has 156 valence electrons. The maximum absolute atomic E-state index is 15.1. The largest absolute Gasteiger partial charge is 0.207 e. The van der Waals surface area contributed by atoms with Gasteiger partial charge in [0.25, 0.3) is 0 Å². The van der Waals surface area contributed by atoms with Crippen LogP contribution in [0.15, 0.2) is 36.4 Å². The van der Waals surface area contributed by atoms with Crippen molar-refractivity contribution in [2.24, 2.45) is 17.8 Å². The Morgan fingerprint density at radius 3 is 2.59 bits per heavy atom. The van der Waals surface area contributed by atoms with Gasteiger partial charge in [-0.25, -0.2) is 8.78 Å². The van der Waals surface area contributed by atoms with Crippen LogP contribution in [0.2, 0.25) is 0 Å². The first-order valence-corrected chi connectivity index (χ1v) is 11.6. The number of hydrogen-bond donors (Lipinski definition) is 0. The molecule has 0 bridgehead atoms. The fourth-order valence-corrected chi connectivity index (χ4v) is 5.92. The lowest BCUT2D eigenvalue weighted by molar-refractivity contribution is 0.115. The van der Waals surface area contributed by atoms with Crippen LogP contribution in [0.3, 0.4) is 0 Å². The molecule has 0 radical (unpaired) electrons. The SMILES string of the molecule is C/C=C/CCc1ccc2cc(C3CCC4CC(CC)CCC4C3)c(F)cc2c1F. The Balaban J connectivity index is 1.55. The van der Waals surface area contributed by atoms with E-state index in [1.165, 1.54) is 38.2 Å². The molecule has 2 aromatic rings. The molecule has 4 atom stereocenters. The molecule has 2 aromatic carbocycles. The van der Waals surface area contributed by atoms with Gasteiger partial charge >= 0.3 is 0 Å². The Labute approximate surface area is 174 Å². The van der Waals surface area contributed by atoms with Crippen molar-refractivity contribution in [2.75, 3.05) is 0 Å². The molecule has 0 saturated heterocycles. The summed E-state index contributed by atoms with van der Waals surface area (Å²) in [4.78, 5) is 0. The van der Waals surface area contributed by atoms with E-state index in [0.29, 0.717) is 17.4 Å². The minimum Gasteiger partial charge on any atom is -0.207 e. The van der Waals surface area contributed by atoms with Gasteiger partial charge in [0.15, 0.2) is 0 Å². The van der Waals surface area contributed by atoms with Crippen molar-refractivity contribution in [3.8, 4) is 0 Å².